The van der Waals surface area contributed by atoms with Crippen LogP contribution in [0.5, 0.6) is 0 Å². The van der Waals surface area contributed by atoms with E-state index in [1.807, 2.05) is 13.0 Å². The summed E-state index contributed by atoms with van der Waals surface area (Å²) in [5.41, 5.74) is 1.59. The molecular formula is C15H18N6O2S. The van der Waals surface area contributed by atoms with Crippen LogP contribution in [-0.2, 0) is 10.0 Å². The summed E-state index contributed by atoms with van der Waals surface area (Å²) < 4.78 is 25.6. The van der Waals surface area contributed by atoms with Crippen molar-refractivity contribution in [3.63, 3.8) is 0 Å². The number of hydrogen-bond acceptors (Lipinski definition) is 6. The number of hydrogen-bond donors (Lipinski definition) is 2. The molecule has 0 aromatic carbocycles. The summed E-state index contributed by atoms with van der Waals surface area (Å²) in [6.45, 7) is 3.24. The summed E-state index contributed by atoms with van der Waals surface area (Å²) in [5.74, 6) is 1.64. The van der Waals surface area contributed by atoms with Crippen molar-refractivity contribution >= 4 is 37.8 Å². The molecule has 1 unspecified atom stereocenters. The summed E-state index contributed by atoms with van der Waals surface area (Å²) in [6.07, 6.45) is 5.45. The Morgan fingerprint density at radius 2 is 2.21 bits per heavy atom. The lowest BCUT2D eigenvalue weighted by atomic mass is 10.2. The van der Waals surface area contributed by atoms with Crippen LogP contribution in [0.3, 0.4) is 0 Å². The summed E-state index contributed by atoms with van der Waals surface area (Å²) >= 11 is 0. The molecule has 24 heavy (non-hydrogen) atoms. The maximum absolute atomic E-state index is 11.5. The normalized spacial score (nSPS) is 18.8. The number of fused-ring (bicyclic) bond motifs is 3. The van der Waals surface area contributed by atoms with Crippen LogP contribution in [0.15, 0.2) is 18.5 Å². The summed E-state index contributed by atoms with van der Waals surface area (Å²) in [4.78, 5) is 18.7. The van der Waals surface area contributed by atoms with Gasteiger partial charge in [0.15, 0.2) is 5.65 Å². The molecule has 2 N–H and O–H groups in total. The van der Waals surface area contributed by atoms with Crippen LogP contribution in [0.2, 0.25) is 0 Å². The van der Waals surface area contributed by atoms with E-state index in [-0.39, 0.29) is 6.04 Å². The van der Waals surface area contributed by atoms with E-state index in [2.05, 4.69) is 29.6 Å². The molecule has 0 radical (unpaired) electrons. The Kier molecular flexibility index (Phi) is 3.43. The van der Waals surface area contributed by atoms with Crippen molar-refractivity contribution in [2.75, 3.05) is 24.2 Å². The number of sulfonamides is 1. The highest BCUT2D eigenvalue weighted by Crippen LogP contribution is 2.31. The third-order valence-electron chi connectivity index (χ3n) is 4.21. The van der Waals surface area contributed by atoms with E-state index in [0.29, 0.717) is 12.2 Å². The fourth-order valence-corrected chi connectivity index (χ4v) is 4.11. The summed E-state index contributed by atoms with van der Waals surface area (Å²) in [5, 5.41) is 1.92. The molecule has 0 bridgehead atoms. The molecule has 0 amide bonds. The van der Waals surface area contributed by atoms with Gasteiger partial charge in [-0.3, -0.25) is 0 Å². The Hall–Kier alpha value is -2.26. The van der Waals surface area contributed by atoms with Gasteiger partial charge >= 0.3 is 0 Å². The van der Waals surface area contributed by atoms with E-state index in [1.54, 1.807) is 12.4 Å². The highest BCUT2D eigenvalue weighted by atomic mass is 32.2. The molecular weight excluding hydrogens is 328 g/mol. The van der Waals surface area contributed by atoms with E-state index in [0.717, 1.165) is 40.9 Å². The second kappa shape index (κ2) is 5.38. The van der Waals surface area contributed by atoms with Gasteiger partial charge in [-0.05, 0) is 19.4 Å². The first kappa shape index (κ1) is 15.3. The van der Waals surface area contributed by atoms with Gasteiger partial charge in [0.25, 0.3) is 0 Å². The molecule has 1 atom stereocenters. The maximum Gasteiger partial charge on any atom is 0.209 e. The SMILES string of the molecule is Cc1nc(N2CCC(NS(C)(=O)=O)C2)c2c(cnc3nccc32)[nH]1. The van der Waals surface area contributed by atoms with Gasteiger partial charge < -0.3 is 9.88 Å². The summed E-state index contributed by atoms with van der Waals surface area (Å²) in [7, 11) is -3.21. The zero-order valence-electron chi connectivity index (χ0n) is 13.4. The van der Waals surface area contributed by atoms with Gasteiger partial charge in [-0.15, -0.1) is 0 Å². The average molecular weight is 346 g/mol. The number of rotatable bonds is 3. The van der Waals surface area contributed by atoms with Crippen molar-refractivity contribution < 1.29 is 8.42 Å². The van der Waals surface area contributed by atoms with Crippen LogP contribution in [-0.4, -0.2) is 53.7 Å². The minimum absolute atomic E-state index is 0.101. The number of nitrogens with zero attached hydrogens (tertiary/aromatic N) is 4. The first-order valence-corrected chi connectivity index (χ1v) is 9.62. The van der Waals surface area contributed by atoms with Crippen molar-refractivity contribution in [3.8, 4) is 0 Å². The van der Waals surface area contributed by atoms with Crippen LogP contribution < -0.4 is 9.62 Å². The van der Waals surface area contributed by atoms with Crippen LogP contribution in [0.1, 0.15) is 12.2 Å². The van der Waals surface area contributed by atoms with Gasteiger partial charge in [0.2, 0.25) is 10.0 Å². The van der Waals surface area contributed by atoms with Crippen LogP contribution in [0.25, 0.3) is 21.9 Å². The van der Waals surface area contributed by atoms with Crippen molar-refractivity contribution in [2.45, 2.75) is 19.4 Å². The third-order valence-corrected chi connectivity index (χ3v) is 4.98. The second-order valence-corrected chi connectivity index (χ2v) is 7.98. The Bertz CT molecular complexity index is 1030. The lowest BCUT2D eigenvalue weighted by molar-refractivity contribution is 0.567. The van der Waals surface area contributed by atoms with E-state index in [4.69, 9.17) is 0 Å². The molecule has 3 aromatic rings. The van der Waals surface area contributed by atoms with E-state index in [1.165, 1.54) is 6.26 Å². The summed E-state index contributed by atoms with van der Waals surface area (Å²) in [6, 6.07) is 1.83. The minimum Gasteiger partial charge on any atom is -0.354 e. The lowest BCUT2D eigenvalue weighted by Gasteiger charge is -2.20. The van der Waals surface area contributed by atoms with Crippen molar-refractivity contribution in [1.82, 2.24) is 24.7 Å². The molecule has 9 heteroatoms. The van der Waals surface area contributed by atoms with E-state index >= 15 is 0 Å². The average Bonchev–Trinajstić information content (AvgIpc) is 3.12. The highest BCUT2D eigenvalue weighted by Gasteiger charge is 2.27. The Morgan fingerprint density at radius 1 is 1.38 bits per heavy atom. The van der Waals surface area contributed by atoms with Crippen LogP contribution in [0, 0.1) is 6.92 Å². The molecule has 1 aliphatic rings. The molecule has 1 aliphatic heterocycles. The molecule has 4 heterocycles. The predicted molar refractivity (Wildman–Crippen MR) is 92.5 cm³/mol. The molecule has 0 spiro atoms. The Morgan fingerprint density at radius 3 is 3.00 bits per heavy atom. The molecule has 0 aliphatic carbocycles. The molecule has 1 saturated heterocycles. The number of aryl methyl sites for hydroxylation is 1. The van der Waals surface area contributed by atoms with Gasteiger partial charge in [-0.2, -0.15) is 0 Å². The number of aromatic amines is 1. The predicted octanol–water partition coefficient (Wildman–Crippen LogP) is 0.942. The fourth-order valence-electron chi connectivity index (χ4n) is 3.31. The van der Waals surface area contributed by atoms with E-state index < -0.39 is 10.0 Å². The highest BCUT2D eigenvalue weighted by molar-refractivity contribution is 7.88. The molecule has 3 aromatic heterocycles. The van der Waals surface area contributed by atoms with Crippen molar-refractivity contribution in [1.29, 1.82) is 0 Å². The molecule has 1 fully saturated rings. The smallest absolute Gasteiger partial charge is 0.209 e. The maximum atomic E-state index is 11.5. The third kappa shape index (κ3) is 2.69. The monoisotopic (exact) mass is 346 g/mol. The zero-order chi connectivity index (χ0) is 16.9. The lowest BCUT2D eigenvalue weighted by Crippen LogP contribution is -2.36. The number of aromatic nitrogens is 4. The van der Waals surface area contributed by atoms with Gasteiger partial charge in [0.05, 0.1) is 23.4 Å². The van der Waals surface area contributed by atoms with E-state index in [9.17, 15) is 8.42 Å². The second-order valence-electron chi connectivity index (χ2n) is 6.20. The van der Waals surface area contributed by atoms with Crippen LogP contribution in [0.4, 0.5) is 5.82 Å². The first-order chi connectivity index (χ1) is 11.4. The quantitative estimate of drug-likeness (QED) is 0.731. The Balaban J connectivity index is 1.80. The van der Waals surface area contributed by atoms with Gasteiger partial charge in [0.1, 0.15) is 11.6 Å². The Labute approximate surface area is 139 Å². The molecule has 126 valence electrons. The topological polar surface area (TPSA) is 104 Å². The van der Waals surface area contributed by atoms with Gasteiger partial charge in [-0.25, -0.2) is 28.1 Å². The molecule has 0 saturated carbocycles. The van der Waals surface area contributed by atoms with Crippen molar-refractivity contribution in [3.05, 3.63) is 24.3 Å². The number of H-pyrrole nitrogens is 1. The zero-order valence-corrected chi connectivity index (χ0v) is 14.3. The number of nitrogens with one attached hydrogen (secondary N) is 2. The van der Waals surface area contributed by atoms with Crippen LogP contribution >= 0.6 is 0 Å². The molecule has 8 nitrogen and oxygen atoms in total. The number of pyridine rings is 1. The van der Waals surface area contributed by atoms with Gasteiger partial charge in [0, 0.05) is 30.7 Å². The standard InChI is InChI=1S/C15H18N6O2S/c1-9-18-12-7-17-14-11(3-5-16-14)13(12)15(19-9)21-6-4-10(8-21)20-24(2,22)23/h3,5,7,10,20H,4,6,8H2,1-2H3,(H,18,19). The fraction of sp³-hybridized carbons (Fsp3) is 0.400. The molecule has 4 rings (SSSR count). The minimum atomic E-state index is -3.21. The van der Waals surface area contributed by atoms with Crippen molar-refractivity contribution in [2.24, 2.45) is 0 Å². The van der Waals surface area contributed by atoms with Gasteiger partial charge in [-0.1, -0.05) is 0 Å². The largest absolute Gasteiger partial charge is 0.354 e. The number of anilines is 1. The first-order valence-electron chi connectivity index (χ1n) is 7.73.